The molecule has 0 radical (unpaired) electrons. The van der Waals surface area contributed by atoms with E-state index in [1.54, 1.807) is 5.56 Å². The van der Waals surface area contributed by atoms with Gasteiger partial charge in [0.05, 0.1) is 11.1 Å². The monoisotopic (exact) mass is 695 g/mol. The standard InChI is InChI=1S/C52H41NO/c1-51(2)43-16-6-3-12-39(43)41-15-9-14-37(50(41)51)33-22-25-35(26-23-33)53(46-18-10-20-48-49(46)42-13-5-8-19-47(42)54-48)36-27-28-40-38-11-4-7-17-44(38)52(45(40)30-36)31-32-21-24-34(52)29-32/h3-20,22-23,25-28,30,32,34H,21,24,29,31H2,1-2H3. The summed E-state index contributed by atoms with van der Waals surface area (Å²) >= 11 is 0. The summed E-state index contributed by atoms with van der Waals surface area (Å²) < 4.78 is 6.48. The zero-order chi connectivity index (χ0) is 35.8. The molecule has 2 saturated carbocycles. The van der Waals surface area contributed by atoms with Crippen molar-refractivity contribution in [2.75, 3.05) is 4.90 Å². The van der Waals surface area contributed by atoms with Gasteiger partial charge in [-0.3, -0.25) is 0 Å². The van der Waals surface area contributed by atoms with Crippen LogP contribution in [0.25, 0.3) is 55.3 Å². The number of hydrogen-bond acceptors (Lipinski definition) is 2. The minimum Gasteiger partial charge on any atom is -0.456 e. The van der Waals surface area contributed by atoms with Gasteiger partial charge < -0.3 is 9.32 Å². The highest BCUT2D eigenvalue weighted by molar-refractivity contribution is 6.13. The molecule has 7 aromatic carbocycles. The van der Waals surface area contributed by atoms with Gasteiger partial charge in [0.2, 0.25) is 0 Å². The third-order valence-corrected chi connectivity index (χ3v) is 13.9. The van der Waals surface area contributed by atoms with Gasteiger partial charge in [-0.1, -0.05) is 129 Å². The van der Waals surface area contributed by atoms with E-state index in [9.17, 15) is 0 Å². The molecule has 12 rings (SSSR count). The molecule has 8 aromatic rings. The molecule has 1 heterocycles. The first-order valence-electron chi connectivity index (χ1n) is 19.8. The summed E-state index contributed by atoms with van der Waals surface area (Å²) in [6, 6.07) is 56.7. The molecular formula is C52H41NO. The largest absolute Gasteiger partial charge is 0.456 e. The van der Waals surface area contributed by atoms with Gasteiger partial charge in [-0.05, 0) is 129 Å². The van der Waals surface area contributed by atoms with E-state index >= 15 is 0 Å². The smallest absolute Gasteiger partial charge is 0.137 e. The Morgan fingerprint density at radius 3 is 2.04 bits per heavy atom. The number of furan rings is 1. The highest BCUT2D eigenvalue weighted by Crippen LogP contribution is 2.66. The number of para-hydroxylation sites is 1. The van der Waals surface area contributed by atoms with E-state index in [-0.39, 0.29) is 10.8 Å². The SMILES string of the molecule is CC1(C)c2ccccc2-c2cccc(-c3ccc(N(c4ccc5c(c4)C4(CC6CCC4C6)c4ccccc4-5)c4cccc5oc6ccccc6c45)cc3)c21. The van der Waals surface area contributed by atoms with Crippen LogP contribution in [-0.2, 0) is 10.8 Å². The number of fused-ring (bicyclic) bond motifs is 14. The van der Waals surface area contributed by atoms with E-state index in [2.05, 4.69) is 170 Å². The molecule has 1 aromatic heterocycles. The van der Waals surface area contributed by atoms with Crippen LogP contribution in [0.4, 0.5) is 17.1 Å². The maximum Gasteiger partial charge on any atom is 0.137 e. The molecular weight excluding hydrogens is 655 g/mol. The molecule has 4 aliphatic carbocycles. The first kappa shape index (κ1) is 30.6. The van der Waals surface area contributed by atoms with Crippen molar-refractivity contribution >= 4 is 39.0 Å². The fourth-order valence-electron chi connectivity index (χ4n) is 11.8. The summed E-state index contributed by atoms with van der Waals surface area (Å²) in [5.74, 6) is 1.53. The second-order valence-corrected chi connectivity index (χ2v) is 16.9. The lowest BCUT2D eigenvalue weighted by molar-refractivity contribution is 0.327. The van der Waals surface area contributed by atoms with Crippen LogP contribution < -0.4 is 4.90 Å². The summed E-state index contributed by atoms with van der Waals surface area (Å²) in [5, 5.41) is 2.29. The van der Waals surface area contributed by atoms with Gasteiger partial charge in [0.1, 0.15) is 11.2 Å². The molecule has 0 saturated heterocycles. The van der Waals surface area contributed by atoms with Crippen LogP contribution in [0, 0.1) is 11.8 Å². The second kappa shape index (κ2) is 10.9. The summed E-state index contributed by atoms with van der Waals surface area (Å²) in [6.45, 7) is 4.75. The van der Waals surface area contributed by atoms with Crippen molar-refractivity contribution in [2.45, 2.75) is 50.4 Å². The molecule has 2 heteroatoms. The average molecular weight is 696 g/mol. The summed E-state index contributed by atoms with van der Waals surface area (Å²) in [7, 11) is 0. The van der Waals surface area contributed by atoms with Gasteiger partial charge in [0.15, 0.2) is 0 Å². The minimum atomic E-state index is -0.0805. The number of anilines is 3. The third kappa shape index (κ3) is 3.96. The molecule has 3 unspecified atom stereocenters. The molecule has 0 aliphatic heterocycles. The minimum absolute atomic E-state index is 0.0805. The summed E-state index contributed by atoms with van der Waals surface area (Å²) in [5.41, 5.74) is 19.4. The normalized spacial score (nSPS) is 21.1. The van der Waals surface area contributed by atoms with Crippen molar-refractivity contribution < 1.29 is 4.42 Å². The van der Waals surface area contributed by atoms with E-state index in [0.29, 0.717) is 5.92 Å². The fraction of sp³-hybridized carbons (Fsp3) is 0.192. The van der Waals surface area contributed by atoms with E-state index in [1.165, 1.54) is 81.4 Å². The Balaban J connectivity index is 1.05. The highest BCUT2D eigenvalue weighted by Gasteiger charge is 2.56. The third-order valence-electron chi connectivity index (χ3n) is 13.9. The van der Waals surface area contributed by atoms with Gasteiger partial charge in [-0.25, -0.2) is 0 Å². The van der Waals surface area contributed by atoms with Gasteiger partial charge in [-0.15, -0.1) is 0 Å². The van der Waals surface area contributed by atoms with Crippen LogP contribution in [0.1, 0.15) is 61.8 Å². The lowest BCUT2D eigenvalue weighted by Crippen LogP contribution is -2.32. The van der Waals surface area contributed by atoms with Gasteiger partial charge in [0.25, 0.3) is 0 Å². The summed E-state index contributed by atoms with van der Waals surface area (Å²) in [4.78, 5) is 2.49. The van der Waals surface area contributed by atoms with Crippen molar-refractivity contribution in [3.63, 3.8) is 0 Å². The predicted octanol–water partition coefficient (Wildman–Crippen LogP) is 14.1. The van der Waals surface area contributed by atoms with Gasteiger partial charge >= 0.3 is 0 Å². The molecule has 0 N–H and O–H groups in total. The van der Waals surface area contributed by atoms with E-state index in [0.717, 1.165) is 39.2 Å². The topological polar surface area (TPSA) is 16.4 Å². The number of benzene rings is 7. The van der Waals surface area contributed by atoms with E-state index in [4.69, 9.17) is 4.42 Å². The van der Waals surface area contributed by atoms with Crippen LogP contribution in [0.15, 0.2) is 156 Å². The Hall–Kier alpha value is -5.86. The highest BCUT2D eigenvalue weighted by atomic mass is 16.3. The quantitative estimate of drug-likeness (QED) is 0.182. The van der Waals surface area contributed by atoms with Gasteiger partial charge in [-0.2, -0.15) is 0 Å². The van der Waals surface area contributed by atoms with Crippen molar-refractivity contribution in [1.29, 1.82) is 0 Å². The first-order chi connectivity index (χ1) is 26.5. The maximum absolute atomic E-state index is 6.48. The Labute approximate surface area is 316 Å². The molecule has 54 heavy (non-hydrogen) atoms. The van der Waals surface area contributed by atoms with Crippen LogP contribution in [0.2, 0.25) is 0 Å². The molecule has 4 aliphatic rings. The molecule has 2 bridgehead atoms. The van der Waals surface area contributed by atoms with Gasteiger partial charge in [0, 0.05) is 27.6 Å². The lowest BCUT2D eigenvalue weighted by Gasteiger charge is -2.37. The average Bonchev–Trinajstić information content (AvgIpc) is 4.03. The van der Waals surface area contributed by atoms with Crippen LogP contribution in [0.3, 0.4) is 0 Å². The maximum atomic E-state index is 6.48. The Morgan fingerprint density at radius 2 is 1.22 bits per heavy atom. The Morgan fingerprint density at radius 1 is 0.556 bits per heavy atom. The van der Waals surface area contributed by atoms with Crippen molar-refractivity contribution in [3.05, 3.63) is 174 Å². The van der Waals surface area contributed by atoms with Crippen molar-refractivity contribution in [3.8, 4) is 33.4 Å². The molecule has 2 fully saturated rings. The second-order valence-electron chi connectivity index (χ2n) is 16.9. The number of rotatable bonds is 4. The first-order valence-corrected chi connectivity index (χ1v) is 19.8. The zero-order valence-electron chi connectivity index (χ0n) is 30.8. The van der Waals surface area contributed by atoms with Crippen molar-refractivity contribution in [1.82, 2.24) is 0 Å². The number of nitrogens with zero attached hydrogens (tertiary/aromatic N) is 1. The molecule has 0 amide bonds. The van der Waals surface area contributed by atoms with Crippen LogP contribution >= 0.6 is 0 Å². The number of hydrogen-bond donors (Lipinski definition) is 0. The van der Waals surface area contributed by atoms with E-state index < -0.39 is 0 Å². The van der Waals surface area contributed by atoms with Crippen LogP contribution in [-0.4, -0.2) is 0 Å². The molecule has 260 valence electrons. The molecule has 3 atom stereocenters. The van der Waals surface area contributed by atoms with Crippen LogP contribution in [0.5, 0.6) is 0 Å². The lowest BCUT2D eigenvalue weighted by atomic mass is 9.67. The summed E-state index contributed by atoms with van der Waals surface area (Å²) in [6.07, 6.45) is 5.34. The zero-order valence-corrected chi connectivity index (χ0v) is 30.8. The predicted molar refractivity (Wildman–Crippen MR) is 223 cm³/mol. The Bertz CT molecular complexity index is 2840. The molecule has 1 spiro atoms. The van der Waals surface area contributed by atoms with Crippen molar-refractivity contribution in [2.24, 2.45) is 11.8 Å². The Kier molecular flexibility index (Phi) is 6.15. The van der Waals surface area contributed by atoms with E-state index in [1.807, 2.05) is 0 Å². The molecule has 2 nitrogen and oxygen atoms in total. The fourth-order valence-corrected chi connectivity index (χ4v) is 11.8.